The molecule has 1 aromatic carbocycles. The number of thiophene rings is 1. The van der Waals surface area contributed by atoms with Crippen LogP contribution >= 0.6 is 35.3 Å². The van der Waals surface area contributed by atoms with Crippen molar-refractivity contribution >= 4 is 47.2 Å². The SMILES string of the molecule is CCCNC(=O)c1cccc(CN=C(NCC)NCC(C)c2cccs2)c1.I. The smallest absolute Gasteiger partial charge is 0.251 e. The highest BCUT2D eigenvalue weighted by atomic mass is 127. The molecule has 1 atom stereocenters. The first-order valence-corrected chi connectivity index (χ1v) is 10.4. The molecule has 0 aliphatic carbocycles. The molecule has 2 rings (SSSR count). The number of hydrogen-bond donors (Lipinski definition) is 3. The summed E-state index contributed by atoms with van der Waals surface area (Å²) in [5.41, 5.74) is 1.70. The van der Waals surface area contributed by atoms with Gasteiger partial charge in [0, 0.05) is 36.0 Å². The van der Waals surface area contributed by atoms with Crippen LogP contribution in [0.5, 0.6) is 0 Å². The molecule has 0 spiro atoms. The molecular weight excluding hydrogens is 483 g/mol. The molecule has 0 radical (unpaired) electrons. The molecule has 0 aliphatic heterocycles. The second-order valence-corrected chi connectivity index (χ2v) is 7.43. The Hall–Kier alpha value is -1.61. The molecule has 2 aromatic rings. The summed E-state index contributed by atoms with van der Waals surface area (Å²) in [6, 6.07) is 11.9. The lowest BCUT2D eigenvalue weighted by molar-refractivity contribution is 0.0953. The molecule has 0 aliphatic rings. The van der Waals surface area contributed by atoms with Crippen LogP contribution in [-0.4, -0.2) is 31.5 Å². The number of nitrogens with zero attached hydrogens (tertiary/aromatic N) is 1. The first-order chi connectivity index (χ1) is 13.1. The van der Waals surface area contributed by atoms with Crippen molar-refractivity contribution in [1.29, 1.82) is 0 Å². The standard InChI is InChI=1S/C21H30N4OS.HI/c1-4-11-23-20(26)18-9-6-8-17(13-18)15-25-21(22-5-2)24-14-16(3)19-10-7-12-27-19;/h6-10,12-13,16H,4-5,11,14-15H2,1-3H3,(H,23,26)(H2,22,24,25);1H. The van der Waals surface area contributed by atoms with Crippen LogP contribution in [0.3, 0.4) is 0 Å². The zero-order valence-corrected chi connectivity index (χ0v) is 20.0. The lowest BCUT2D eigenvalue weighted by Crippen LogP contribution is -2.39. The van der Waals surface area contributed by atoms with Gasteiger partial charge in [-0.15, -0.1) is 35.3 Å². The molecule has 28 heavy (non-hydrogen) atoms. The molecule has 154 valence electrons. The van der Waals surface area contributed by atoms with Crippen LogP contribution in [0.2, 0.25) is 0 Å². The number of halogens is 1. The molecule has 0 saturated heterocycles. The van der Waals surface area contributed by atoms with E-state index in [0.29, 0.717) is 24.6 Å². The summed E-state index contributed by atoms with van der Waals surface area (Å²) in [6.07, 6.45) is 0.928. The summed E-state index contributed by atoms with van der Waals surface area (Å²) in [6.45, 7) is 9.15. The molecule has 7 heteroatoms. The fourth-order valence-electron chi connectivity index (χ4n) is 2.59. The summed E-state index contributed by atoms with van der Waals surface area (Å²) in [5, 5.41) is 11.7. The van der Waals surface area contributed by atoms with E-state index in [4.69, 9.17) is 0 Å². The van der Waals surface area contributed by atoms with Crippen LogP contribution in [0.25, 0.3) is 0 Å². The van der Waals surface area contributed by atoms with E-state index in [9.17, 15) is 4.79 Å². The van der Waals surface area contributed by atoms with E-state index in [2.05, 4.69) is 52.3 Å². The predicted molar refractivity (Wildman–Crippen MR) is 130 cm³/mol. The Morgan fingerprint density at radius 1 is 1.14 bits per heavy atom. The molecule has 5 nitrogen and oxygen atoms in total. The van der Waals surface area contributed by atoms with E-state index in [0.717, 1.165) is 31.0 Å². The zero-order chi connectivity index (χ0) is 19.5. The van der Waals surface area contributed by atoms with Gasteiger partial charge < -0.3 is 16.0 Å². The molecule has 1 heterocycles. The van der Waals surface area contributed by atoms with Crippen molar-refractivity contribution in [1.82, 2.24) is 16.0 Å². The summed E-state index contributed by atoms with van der Waals surface area (Å²) >= 11 is 1.78. The fourth-order valence-corrected chi connectivity index (χ4v) is 3.37. The van der Waals surface area contributed by atoms with E-state index in [1.165, 1.54) is 4.88 Å². The van der Waals surface area contributed by atoms with E-state index in [-0.39, 0.29) is 29.9 Å². The van der Waals surface area contributed by atoms with Crippen molar-refractivity contribution in [3.63, 3.8) is 0 Å². The Morgan fingerprint density at radius 2 is 1.96 bits per heavy atom. The minimum atomic E-state index is -0.0301. The van der Waals surface area contributed by atoms with Crippen LogP contribution in [-0.2, 0) is 6.54 Å². The third-order valence-corrected chi connectivity index (χ3v) is 5.20. The zero-order valence-electron chi connectivity index (χ0n) is 16.8. The van der Waals surface area contributed by atoms with Crippen LogP contribution in [0.15, 0.2) is 46.8 Å². The van der Waals surface area contributed by atoms with Gasteiger partial charge in [0.25, 0.3) is 5.91 Å². The first-order valence-electron chi connectivity index (χ1n) is 9.56. The minimum absolute atomic E-state index is 0. The molecule has 0 saturated carbocycles. The summed E-state index contributed by atoms with van der Waals surface area (Å²) < 4.78 is 0. The molecule has 0 bridgehead atoms. The van der Waals surface area contributed by atoms with Crippen molar-refractivity contribution in [3.8, 4) is 0 Å². The van der Waals surface area contributed by atoms with E-state index in [1.807, 2.05) is 31.2 Å². The Kier molecular flexibility index (Phi) is 11.8. The predicted octanol–water partition coefficient (Wildman–Crippen LogP) is 4.36. The van der Waals surface area contributed by atoms with Gasteiger partial charge in [0.2, 0.25) is 0 Å². The summed E-state index contributed by atoms with van der Waals surface area (Å²) in [7, 11) is 0. The fraction of sp³-hybridized carbons (Fsp3) is 0.429. The highest BCUT2D eigenvalue weighted by Crippen LogP contribution is 2.19. The van der Waals surface area contributed by atoms with Gasteiger partial charge in [-0.3, -0.25) is 4.79 Å². The maximum atomic E-state index is 12.1. The maximum absolute atomic E-state index is 12.1. The Morgan fingerprint density at radius 3 is 2.64 bits per heavy atom. The van der Waals surface area contributed by atoms with Crippen LogP contribution < -0.4 is 16.0 Å². The van der Waals surface area contributed by atoms with Gasteiger partial charge in [0.1, 0.15) is 0 Å². The number of carbonyl (C=O) groups excluding carboxylic acids is 1. The number of benzene rings is 1. The van der Waals surface area contributed by atoms with Gasteiger partial charge in [0.15, 0.2) is 5.96 Å². The van der Waals surface area contributed by atoms with Gasteiger partial charge in [-0.05, 0) is 42.5 Å². The summed E-state index contributed by atoms with van der Waals surface area (Å²) in [5.74, 6) is 1.19. The average molecular weight is 514 g/mol. The number of carbonyl (C=O) groups is 1. The van der Waals surface area contributed by atoms with Gasteiger partial charge in [-0.2, -0.15) is 0 Å². The molecule has 3 N–H and O–H groups in total. The summed E-state index contributed by atoms with van der Waals surface area (Å²) in [4.78, 5) is 18.1. The van der Waals surface area contributed by atoms with Gasteiger partial charge in [0.05, 0.1) is 6.54 Å². The third kappa shape index (κ3) is 8.18. The van der Waals surface area contributed by atoms with Crippen LogP contribution in [0.4, 0.5) is 0 Å². The van der Waals surface area contributed by atoms with Crippen LogP contribution in [0.1, 0.15) is 53.9 Å². The van der Waals surface area contributed by atoms with Crippen molar-refractivity contribution in [2.24, 2.45) is 4.99 Å². The number of nitrogens with one attached hydrogen (secondary N) is 3. The Labute approximate surface area is 189 Å². The number of hydrogen-bond acceptors (Lipinski definition) is 3. The molecule has 0 fully saturated rings. The highest BCUT2D eigenvalue weighted by molar-refractivity contribution is 14.0. The lowest BCUT2D eigenvalue weighted by atomic mass is 10.1. The first kappa shape index (κ1) is 24.4. The third-order valence-electron chi connectivity index (χ3n) is 4.09. The van der Waals surface area contributed by atoms with Crippen molar-refractivity contribution in [3.05, 3.63) is 57.8 Å². The average Bonchev–Trinajstić information content (AvgIpc) is 3.23. The second kappa shape index (κ2) is 13.5. The number of amides is 1. The molecule has 1 aromatic heterocycles. The quantitative estimate of drug-likeness (QED) is 0.265. The normalized spacial score (nSPS) is 12.0. The molecule has 1 amide bonds. The number of guanidine groups is 1. The Balaban J connectivity index is 0.00000392. The number of rotatable bonds is 9. The van der Waals surface area contributed by atoms with Gasteiger partial charge in [-0.25, -0.2) is 4.99 Å². The topological polar surface area (TPSA) is 65.5 Å². The minimum Gasteiger partial charge on any atom is -0.357 e. The number of aliphatic imine (C=N–C) groups is 1. The van der Waals surface area contributed by atoms with Crippen LogP contribution in [0, 0.1) is 0 Å². The van der Waals surface area contributed by atoms with E-state index < -0.39 is 0 Å². The van der Waals surface area contributed by atoms with Gasteiger partial charge >= 0.3 is 0 Å². The van der Waals surface area contributed by atoms with E-state index >= 15 is 0 Å². The Bertz CT molecular complexity index is 734. The highest BCUT2D eigenvalue weighted by Gasteiger charge is 2.08. The van der Waals surface area contributed by atoms with E-state index in [1.54, 1.807) is 11.3 Å². The second-order valence-electron chi connectivity index (χ2n) is 6.45. The van der Waals surface area contributed by atoms with Crippen molar-refractivity contribution < 1.29 is 4.79 Å². The largest absolute Gasteiger partial charge is 0.357 e. The monoisotopic (exact) mass is 514 g/mol. The maximum Gasteiger partial charge on any atom is 0.251 e. The molecular formula is C21H31IN4OS. The van der Waals surface area contributed by atoms with Crippen molar-refractivity contribution in [2.45, 2.75) is 39.7 Å². The van der Waals surface area contributed by atoms with Gasteiger partial charge in [-0.1, -0.05) is 32.0 Å². The lowest BCUT2D eigenvalue weighted by Gasteiger charge is -2.15. The van der Waals surface area contributed by atoms with Crippen molar-refractivity contribution in [2.75, 3.05) is 19.6 Å². The molecule has 1 unspecified atom stereocenters.